The first-order valence-electron chi connectivity index (χ1n) is 7.90. The third-order valence-electron chi connectivity index (χ3n) is 3.30. The van der Waals surface area contributed by atoms with Crippen molar-refractivity contribution in [3.63, 3.8) is 0 Å². The van der Waals surface area contributed by atoms with Crippen molar-refractivity contribution < 1.29 is 9.47 Å². The zero-order valence-corrected chi connectivity index (χ0v) is 13.9. The number of ether oxygens (including phenoxy) is 2. The number of nitrogens with zero attached hydrogens (tertiary/aromatic N) is 1. The van der Waals surface area contributed by atoms with Gasteiger partial charge < -0.3 is 26.7 Å². The van der Waals surface area contributed by atoms with Gasteiger partial charge in [0.1, 0.15) is 36.4 Å². The minimum Gasteiger partial charge on any atom is -0.492 e. The van der Waals surface area contributed by atoms with E-state index in [9.17, 15) is 0 Å². The number of nitrogens with one attached hydrogen (secondary N) is 1. The fraction of sp³-hybridized carbons (Fsp3) is 0.222. The van der Waals surface area contributed by atoms with Gasteiger partial charge in [-0.1, -0.05) is 24.3 Å². The van der Waals surface area contributed by atoms with Gasteiger partial charge in [-0.25, -0.2) is 0 Å². The average Bonchev–Trinajstić information content (AvgIpc) is 2.63. The second-order valence-corrected chi connectivity index (χ2v) is 5.22. The van der Waals surface area contributed by atoms with Gasteiger partial charge in [0, 0.05) is 17.7 Å². The molecule has 0 aliphatic heterocycles. The number of nitrogens with two attached hydrogens (primary N) is 3. The molecule has 0 fully saturated rings. The minimum absolute atomic E-state index is 0.00412. The molecule has 0 spiro atoms. The van der Waals surface area contributed by atoms with Gasteiger partial charge in [0.05, 0.1) is 6.54 Å². The highest BCUT2D eigenvalue weighted by atomic mass is 16.5. The van der Waals surface area contributed by atoms with Crippen LogP contribution in [0.15, 0.2) is 53.5 Å². The van der Waals surface area contributed by atoms with Crippen LogP contribution in [0.5, 0.6) is 11.5 Å². The van der Waals surface area contributed by atoms with Crippen molar-refractivity contribution in [1.29, 1.82) is 5.41 Å². The van der Waals surface area contributed by atoms with Crippen LogP contribution in [0, 0.1) is 5.41 Å². The highest BCUT2D eigenvalue weighted by Crippen LogP contribution is 2.14. The number of benzene rings is 2. The molecular formula is C18H23N5O2. The Labute approximate surface area is 147 Å². The first-order valence-corrected chi connectivity index (χ1v) is 7.90. The van der Waals surface area contributed by atoms with E-state index in [0.29, 0.717) is 49.2 Å². The summed E-state index contributed by atoms with van der Waals surface area (Å²) >= 11 is 0. The molecule has 0 bridgehead atoms. The molecule has 0 unspecified atom stereocenters. The van der Waals surface area contributed by atoms with Crippen LogP contribution in [0.2, 0.25) is 0 Å². The van der Waals surface area contributed by atoms with Gasteiger partial charge in [0.2, 0.25) is 0 Å². The van der Waals surface area contributed by atoms with Crippen molar-refractivity contribution in [2.75, 3.05) is 26.3 Å². The molecular weight excluding hydrogens is 318 g/mol. The molecule has 0 atom stereocenters. The van der Waals surface area contributed by atoms with Crippen LogP contribution < -0.4 is 26.7 Å². The molecule has 25 heavy (non-hydrogen) atoms. The molecule has 7 N–H and O–H groups in total. The molecule has 0 aliphatic carbocycles. The van der Waals surface area contributed by atoms with Crippen molar-refractivity contribution in [2.24, 2.45) is 22.2 Å². The maximum absolute atomic E-state index is 7.42. The Morgan fingerprint density at radius 2 is 1.52 bits per heavy atom. The standard InChI is InChI=1S/C18H23N5O2/c19-7-9-24-16-6-2-4-14(12-16)18(22)23-8-10-25-15-5-1-3-13(11-15)17(20)21/h1-6,11-12H,7-10,19H2,(H3,20,21)(H2,22,23). The number of rotatable bonds is 9. The van der Waals surface area contributed by atoms with Crippen molar-refractivity contribution in [2.45, 2.75) is 0 Å². The fourth-order valence-corrected chi connectivity index (χ4v) is 2.10. The predicted molar refractivity (Wildman–Crippen MR) is 99.5 cm³/mol. The summed E-state index contributed by atoms with van der Waals surface area (Å²) in [5.41, 5.74) is 18.3. The molecule has 0 saturated heterocycles. The van der Waals surface area contributed by atoms with E-state index >= 15 is 0 Å². The van der Waals surface area contributed by atoms with Crippen LogP contribution in [-0.2, 0) is 0 Å². The third-order valence-corrected chi connectivity index (χ3v) is 3.30. The van der Waals surface area contributed by atoms with Crippen molar-refractivity contribution in [3.8, 4) is 11.5 Å². The van der Waals surface area contributed by atoms with E-state index < -0.39 is 0 Å². The number of nitrogen functional groups attached to an aromatic ring is 1. The maximum atomic E-state index is 7.42. The molecule has 0 aromatic heterocycles. The van der Waals surface area contributed by atoms with Crippen LogP contribution >= 0.6 is 0 Å². The van der Waals surface area contributed by atoms with E-state index in [1.165, 1.54) is 0 Å². The lowest BCUT2D eigenvalue weighted by atomic mass is 10.2. The molecule has 2 rings (SSSR count). The topological polar surface area (TPSA) is 133 Å². The molecule has 0 saturated carbocycles. The van der Waals surface area contributed by atoms with E-state index in [-0.39, 0.29) is 5.84 Å². The SMILES string of the molecule is N=C(N)c1cccc(OCCN=C(N)c2cccc(OCCN)c2)c1. The predicted octanol–water partition coefficient (Wildman–Crippen LogP) is 1.09. The van der Waals surface area contributed by atoms with Crippen molar-refractivity contribution >= 4 is 11.7 Å². The Hall–Kier alpha value is -3.06. The average molecular weight is 341 g/mol. The fourth-order valence-electron chi connectivity index (χ4n) is 2.10. The van der Waals surface area contributed by atoms with E-state index in [4.69, 9.17) is 32.1 Å². The molecule has 7 nitrogen and oxygen atoms in total. The number of amidine groups is 2. The van der Waals surface area contributed by atoms with Crippen LogP contribution in [0.25, 0.3) is 0 Å². The highest BCUT2D eigenvalue weighted by molar-refractivity contribution is 5.97. The summed E-state index contributed by atoms with van der Waals surface area (Å²) in [5, 5.41) is 7.42. The van der Waals surface area contributed by atoms with Crippen molar-refractivity contribution in [3.05, 3.63) is 59.7 Å². The van der Waals surface area contributed by atoms with Gasteiger partial charge in [-0.05, 0) is 24.3 Å². The molecule has 132 valence electrons. The first-order chi connectivity index (χ1) is 12.1. The van der Waals surface area contributed by atoms with Crippen LogP contribution in [0.3, 0.4) is 0 Å². The zero-order valence-electron chi connectivity index (χ0n) is 13.9. The molecule has 0 radical (unpaired) electrons. The van der Waals surface area contributed by atoms with Crippen LogP contribution in [0.1, 0.15) is 11.1 Å². The monoisotopic (exact) mass is 341 g/mol. The lowest BCUT2D eigenvalue weighted by molar-refractivity contribution is 0.328. The number of hydrogen-bond donors (Lipinski definition) is 4. The number of aliphatic imine (C=N–C) groups is 1. The second-order valence-electron chi connectivity index (χ2n) is 5.22. The van der Waals surface area contributed by atoms with E-state index in [0.717, 1.165) is 5.56 Å². The quantitative estimate of drug-likeness (QED) is 0.308. The largest absolute Gasteiger partial charge is 0.492 e. The molecule has 0 heterocycles. The Balaban J connectivity index is 1.89. The Bertz CT molecular complexity index is 746. The normalized spacial score (nSPS) is 11.2. The van der Waals surface area contributed by atoms with E-state index in [1.54, 1.807) is 24.3 Å². The van der Waals surface area contributed by atoms with Gasteiger partial charge in [0.15, 0.2) is 0 Å². The van der Waals surface area contributed by atoms with Crippen LogP contribution in [-0.4, -0.2) is 38.0 Å². The summed E-state index contributed by atoms with van der Waals surface area (Å²) < 4.78 is 11.1. The third kappa shape index (κ3) is 5.82. The second kappa shape index (κ2) is 9.29. The summed E-state index contributed by atoms with van der Waals surface area (Å²) in [6, 6.07) is 14.5. The highest BCUT2D eigenvalue weighted by Gasteiger charge is 2.02. The summed E-state index contributed by atoms with van der Waals surface area (Å²) in [6.45, 7) is 1.68. The zero-order chi connectivity index (χ0) is 18.1. The first kappa shape index (κ1) is 18.3. The lowest BCUT2D eigenvalue weighted by Crippen LogP contribution is -2.16. The summed E-state index contributed by atoms with van der Waals surface area (Å²) in [5.74, 6) is 1.76. The lowest BCUT2D eigenvalue weighted by Gasteiger charge is -2.08. The summed E-state index contributed by atoms with van der Waals surface area (Å²) in [7, 11) is 0. The molecule has 0 aliphatic rings. The summed E-state index contributed by atoms with van der Waals surface area (Å²) in [6.07, 6.45) is 0. The van der Waals surface area contributed by atoms with Gasteiger partial charge in [-0.15, -0.1) is 0 Å². The number of hydrogen-bond acceptors (Lipinski definition) is 5. The molecule has 2 aromatic rings. The Morgan fingerprint density at radius 3 is 2.16 bits per heavy atom. The Kier molecular flexibility index (Phi) is 6.79. The van der Waals surface area contributed by atoms with E-state index in [1.807, 2.05) is 24.3 Å². The van der Waals surface area contributed by atoms with Crippen LogP contribution in [0.4, 0.5) is 0 Å². The molecule has 0 amide bonds. The van der Waals surface area contributed by atoms with Gasteiger partial charge in [-0.3, -0.25) is 10.4 Å². The smallest absolute Gasteiger partial charge is 0.125 e. The maximum Gasteiger partial charge on any atom is 0.125 e. The van der Waals surface area contributed by atoms with Gasteiger partial charge in [-0.2, -0.15) is 0 Å². The van der Waals surface area contributed by atoms with Gasteiger partial charge in [0.25, 0.3) is 0 Å². The minimum atomic E-state index is 0.00412. The van der Waals surface area contributed by atoms with Gasteiger partial charge >= 0.3 is 0 Å². The summed E-state index contributed by atoms with van der Waals surface area (Å²) in [4.78, 5) is 4.31. The molecule has 7 heteroatoms. The Morgan fingerprint density at radius 1 is 0.920 bits per heavy atom. The molecule has 2 aromatic carbocycles. The van der Waals surface area contributed by atoms with Crippen molar-refractivity contribution in [1.82, 2.24) is 0 Å². The van der Waals surface area contributed by atoms with E-state index in [2.05, 4.69) is 4.99 Å².